The molecular weight excluding hydrogens is 382 g/mol. The number of carbonyl (C=O) groups excluding carboxylic acids is 1. The van der Waals surface area contributed by atoms with Crippen LogP contribution in [0, 0.1) is 6.92 Å². The van der Waals surface area contributed by atoms with Crippen LogP contribution in [0.3, 0.4) is 0 Å². The Morgan fingerprint density at radius 1 is 1.00 bits per heavy atom. The van der Waals surface area contributed by atoms with E-state index in [1.807, 2.05) is 31.2 Å². The predicted molar refractivity (Wildman–Crippen MR) is 113 cm³/mol. The second-order valence-electron chi connectivity index (χ2n) is 7.96. The highest BCUT2D eigenvalue weighted by molar-refractivity contribution is 5.93. The Bertz CT molecular complexity index is 811. The first-order valence-corrected chi connectivity index (χ1v) is 10.7. The maximum Gasteiger partial charge on any atom is 0.287 e. The zero-order valence-electron chi connectivity index (χ0n) is 17.6. The minimum absolute atomic E-state index is 0.107. The van der Waals surface area contributed by atoms with Gasteiger partial charge in [-0.15, -0.1) is 0 Å². The van der Waals surface area contributed by atoms with Gasteiger partial charge in [-0.05, 0) is 18.6 Å². The molecule has 2 saturated heterocycles. The number of nitrogens with one attached hydrogen (secondary N) is 1. The number of rotatable bonds is 7. The monoisotopic (exact) mass is 413 g/mol. The number of benzene rings is 1. The van der Waals surface area contributed by atoms with Crippen molar-refractivity contribution >= 4 is 5.91 Å². The predicted octanol–water partition coefficient (Wildman–Crippen LogP) is 2.22. The summed E-state index contributed by atoms with van der Waals surface area (Å²) in [6.45, 7) is 9.86. The normalized spacial score (nSPS) is 19.5. The number of hydrogen-bond donors (Lipinski definition) is 1. The minimum Gasteiger partial charge on any atom is -0.454 e. The standard InChI is InChI=1S/C23H31N3O4/c1-18-15-20(16-25-7-11-28-12-8-25)30-22(18)23(27)24-21(19-5-3-2-4-6-19)17-26-9-13-29-14-10-26/h2-6,15,21H,7-14,16-17H2,1H3,(H,24,27). The average molecular weight is 414 g/mol. The third-order valence-corrected chi connectivity index (χ3v) is 5.71. The maximum absolute atomic E-state index is 13.1. The van der Waals surface area contributed by atoms with Gasteiger partial charge in [-0.2, -0.15) is 0 Å². The first kappa shape index (κ1) is 21.1. The summed E-state index contributed by atoms with van der Waals surface area (Å²) < 4.78 is 16.8. The molecule has 0 bridgehead atoms. The second kappa shape index (κ2) is 10.2. The van der Waals surface area contributed by atoms with E-state index >= 15 is 0 Å². The van der Waals surface area contributed by atoms with Gasteiger partial charge in [0.15, 0.2) is 5.76 Å². The number of nitrogens with zero attached hydrogens (tertiary/aromatic N) is 2. The molecule has 0 saturated carbocycles. The summed E-state index contributed by atoms with van der Waals surface area (Å²) in [7, 11) is 0. The van der Waals surface area contributed by atoms with Crippen LogP contribution >= 0.6 is 0 Å². The van der Waals surface area contributed by atoms with Gasteiger partial charge in [0.1, 0.15) is 5.76 Å². The van der Waals surface area contributed by atoms with Gasteiger partial charge >= 0.3 is 0 Å². The van der Waals surface area contributed by atoms with Crippen LogP contribution in [0.4, 0.5) is 0 Å². The van der Waals surface area contributed by atoms with Crippen molar-refractivity contribution in [2.45, 2.75) is 19.5 Å². The molecule has 0 aliphatic carbocycles. The van der Waals surface area contributed by atoms with Crippen LogP contribution in [0.2, 0.25) is 0 Å². The molecule has 0 spiro atoms. The summed E-state index contributed by atoms with van der Waals surface area (Å²) in [5.74, 6) is 1.06. The second-order valence-corrected chi connectivity index (χ2v) is 7.96. The smallest absolute Gasteiger partial charge is 0.287 e. The molecule has 2 aliphatic rings. The molecule has 1 atom stereocenters. The molecule has 1 amide bonds. The molecular formula is C23H31N3O4. The average Bonchev–Trinajstić information content (AvgIpc) is 3.15. The van der Waals surface area contributed by atoms with E-state index in [4.69, 9.17) is 13.9 Å². The molecule has 1 N–H and O–H groups in total. The third-order valence-electron chi connectivity index (χ3n) is 5.71. The quantitative estimate of drug-likeness (QED) is 0.751. The van der Waals surface area contributed by atoms with Gasteiger partial charge in [-0.25, -0.2) is 0 Å². The lowest BCUT2D eigenvalue weighted by Gasteiger charge is -2.31. The van der Waals surface area contributed by atoms with Crippen molar-refractivity contribution in [3.63, 3.8) is 0 Å². The molecule has 4 rings (SSSR count). The van der Waals surface area contributed by atoms with Crippen LogP contribution in [-0.2, 0) is 16.0 Å². The number of hydrogen-bond acceptors (Lipinski definition) is 6. The van der Waals surface area contributed by atoms with Gasteiger partial charge in [0.25, 0.3) is 5.91 Å². The van der Waals surface area contributed by atoms with Gasteiger partial charge in [0, 0.05) is 38.3 Å². The largest absolute Gasteiger partial charge is 0.454 e. The van der Waals surface area contributed by atoms with Crippen molar-refractivity contribution in [1.82, 2.24) is 15.1 Å². The Morgan fingerprint density at radius 2 is 1.63 bits per heavy atom. The minimum atomic E-state index is -0.164. The molecule has 2 aromatic rings. The molecule has 7 heteroatoms. The molecule has 7 nitrogen and oxygen atoms in total. The summed E-state index contributed by atoms with van der Waals surface area (Å²) in [6, 6.07) is 12.0. The number of ether oxygens (including phenoxy) is 2. The van der Waals surface area contributed by atoms with Gasteiger partial charge in [0.05, 0.1) is 39.0 Å². The molecule has 30 heavy (non-hydrogen) atoms. The van der Waals surface area contributed by atoms with Gasteiger partial charge in [0.2, 0.25) is 0 Å². The highest BCUT2D eigenvalue weighted by atomic mass is 16.5. The van der Waals surface area contributed by atoms with E-state index in [1.54, 1.807) is 0 Å². The third kappa shape index (κ3) is 5.49. The topological polar surface area (TPSA) is 67.2 Å². The zero-order valence-corrected chi connectivity index (χ0v) is 17.6. The fraction of sp³-hybridized carbons (Fsp3) is 0.522. The van der Waals surface area contributed by atoms with Crippen LogP contribution in [0.15, 0.2) is 40.8 Å². The Morgan fingerprint density at radius 3 is 2.30 bits per heavy atom. The van der Waals surface area contributed by atoms with Gasteiger partial charge in [-0.1, -0.05) is 30.3 Å². The molecule has 0 radical (unpaired) electrons. The summed E-state index contributed by atoms with van der Waals surface area (Å²) >= 11 is 0. The van der Waals surface area contributed by atoms with Gasteiger partial charge in [-0.3, -0.25) is 14.6 Å². The highest BCUT2D eigenvalue weighted by Crippen LogP contribution is 2.20. The number of furan rings is 1. The van der Waals surface area contributed by atoms with Gasteiger partial charge < -0.3 is 19.2 Å². The van der Waals surface area contributed by atoms with Crippen molar-refractivity contribution in [2.24, 2.45) is 0 Å². The first-order chi connectivity index (χ1) is 14.7. The number of amides is 1. The van der Waals surface area contributed by atoms with E-state index in [0.717, 1.165) is 76.0 Å². The molecule has 1 aromatic carbocycles. The maximum atomic E-state index is 13.1. The molecule has 1 aromatic heterocycles. The molecule has 2 aliphatic heterocycles. The van der Waals surface area contributed by atoms with Crippen LogP contribution in [0.25, 0.3) is 0 Å². The van der Waals surface area contributed by atoms with Crippen LogP contribution in [0.1, 0.15) is 33.5 Å². The molecule has 162 valence electrons. The summed E-state index contributed by atoms with van der Waals surface area (Å²) in [4.78, 5) is 17.7. The highest BCUT2D eigenvalue weighted by Gasteiger charge is 2.24. The Balaban J connectivity index is 1.45. The van der Waals surface area contributed by atoms with Crippen molar-refractivity contribution in [2.75, 3.05) is 59.2 Å². The van der Waals surface area contributed by atoms with Crippen molar-refractivity contribution in [3.8, 4) is 0 Å². The Labute approximate surface area is 177 Å². The van der Waals surface area contributed by atoms with E-state index in [9.17, 15) is 4.79 Å². The Kier molecular flexibility index (Phi) is 7.17. The molecule has 2 fully saturated rings. The van der Waals surface area contributed by atoms with Crippen LogP contribution in [0.5, 0.6) is 0 Å². The van der Waals surface area contributed by atoms with E-state index in [-0.39, 0.29) is 11.9 Å². The van der Waals surface area contributed by atoms with E-state index in [1.165, 1.54) is 0 Å². The summed E-state index contributed by atoms with van der Waals surface area (Å²) in [5.41, 5.74) is 1.96. The Hall–Kier alpha value is -2.19. The number of carbonyl (C=O) groups is 1. The lowest BCUT2D eigenvalue weighted by Crippen LogP contribution is -2.43. The molecule has 3 heterocycles. The van der Waals surface area contributed by atoms with Crippen molar-refractivity contribution in [3.05, 3.63) is 59.0 Å². The van der Waals surface area contributed by atoms with Crippen LogP contribution in [-0.4, -0.2) is 74.9 Å². The molecule has 1 unspecified atom stereocenters. The number of aryl methyl sites for hydroxylation is 1. The lowest BCUT2D eigenvalue weighted by molar-refractivity contribution is 0.0308. The fourth-order valence-corrected chi connectivity index (χ4v) is 4.02. The number of morpholine rings is 2. The lowest BCUT2D eigenvalue weighted by atomic mass is 10.1. The SMILES string of the molecule is Cc1cc(CN2CCOCC2)oc1C(=O)NC(CN1CCOCC1)c1ccccc1. The van der Waals surface area contributed by atoms with Crippen molar-refractivity contribution < 1.29 is 18.7 Å². The fourth-order valence-electron chi connectivity index (χ4n) is 4.02. The van der Waals surface area contributed by atoms with E-state index in [0.29, 0.717) is 12.3 Å². The summed E-state index contributed by atoms with van der Waals surface area (Å²) in [6.07, 6.45) is 0. The first-order valence-electron chi connectivity index (χ1n) is 10.7. The van der Waals surface area contributed by atoms with Crippen molar-refractivity contribution in [1.29, 1.82) is 0 Å². The van der Waals surface area contributed by atoms with Crippen LogP contribution < -0.4 is 5.32 Å². The zero-order chi connectivity index (χ0) is 20.8. The van der Waals surface area contributed by atoms with E-state index in [2.05, 4.69) is 27.2 Å². The van der Waals surface area contributed by atoms with E-state index < -0.39 is 0 Å². The summed E-state index contributed by atoms with van der Waals surface area (Å²) in [5, 5.41) is 3.21.